The first kappa shape index (κ1) is 18.7. The van der Waals surface area contributed by atoms with Crippen molar-refractivity contribution in [2.75, 3.05) is 11.9 Å². The van der Waals surface area contributed by atoms with E-state index in [2.05, 4.69) is 20.6 Å². The third kappa shape index (κ3) is 3.58. The van der Waals surface area contributed by atoms with Crippen molar-refractivity contribution in [1.82, 2.24) is 20.0 Å². The third-order valence-corrected chi connectivity index (χ3v) is 4.68. The highest BCUT2D eigenvalue weighted by atomic mass is 16.5. The minimum atomic E-state index is -0.329. The molecule has 1 aliphatic rings. The van der Waals surface area contributed by atoms with Gasteiger partial charge in [-0.05, 0) is 32.9 Å². The van der Waals surface area contributed by atoms with Crippen LogP contribution < -0.4 is 20.3 Å². The number of hydrogen-bond acceptors (Lipinski definition) is 6. The Hall–Kier alpha value is -3.62. The molecule has 2 N–H and O–H groups in total. The van der Waals surface area contributed by atoms with Crippen molar-refractivity contribution in [1.29, 1.82) is 0 Å². The molecule has 1 aliphatic heterocycles. The molecule has 1 aromatic carbocycles. The fourth-order valence-electron chi connectivity index (χ4n) is 3.32. The maximum Gasteiger partial charge on any atom is 0.264 e. The van der Waals surface area contributed by atoms with Crippen molar-refractivity contribution in [2.45, 2.75) is 33.3 Å². The van der Waals surface area contributed by atoms with Crippen LogP contribution >= 0.6 is 0 Å². The summed E-state index contributed by atoms with van der Waals surface area (Å²) < 4.78 is 13.0. The summed E-state index contributed by atoms with van der Waals surface area (Å²) in [5, 5.41) is 13.4. The van der Waals surface area contributed by atoms with Gasteiger partial charge in [-0.15, -0.1) is 0 Å². The average Bonchev–Trinajstić information content (AvgIpc) is 3.24. The molecule has 1 atom stereocenters. The molecule has 0 bridgehead atoms. The van der Waals surface area contributed by atoms with Gasteiger partial charge in [-0.1, -0.05) is 0 Å². The van der Waals surface area contributed by atoms with E-state index in [9.17, 15) is 9.59 Å². The Kier molecular flexibility index (Phi) is 4.79. The van der Waals surface area contributed by atoms with Gasteiger partial charge in [-0.25, -0.2) is 9.78 Å². The highest BCUT2D eigenvalue weighted by molar-refractivity contribution is 6.05. The van der Waals surface area contributed by atoms with Crippen molar-refractivity contribution in [2.24, 2.45) is 0 Å². The molecule has 1 unspecified atom stereocenters. The molecule has 9 nitrogen and oxygen atoms in total. The second kappa shape index (κ2) is 7.42. The van der Waals surface area contributed by atoms with Crippen LogP contribution in [0, 0.1) is 6.92 Å². The maximum atomic E-state index is 12.9. The van der Waals surface area contributed by atoms with Crippen LogP contribution in [0.2, 0.25) is 0 Å². The van der Waals surface area contributed by atoms with Gasteiger partial charge < -0.3 is 14.8 Å². The van der Waals surface area contributed by atoms with E-state index in [-0.39, 0.29) is 17.6 Å². The molecule has 0 saturated carbocycles. The zero-order chi connectivity index (χ0) is 20.5. The number of hydrogen-bond donors (Lipinski definition) is 2. The highest BCUT2D eigenvalue weighted by Gasteiger charge is 2.24. The molecule has 4 rings (SSSR count). The summed E-state index contributed by atoms with van der Waals surface area (Å²) in [7, 11) is 0. The lowest BCUT2D eigenvalue weighted by molar-refractivity contribution is 0.102. The summed E-state index contributed by atoms with van der Waals surface area (Å²) in [6.07, 6.45) is 2.36. The predicted octanol–water partition coefficient (Wildman–Crippen LogP) is 2.24. The van der Waals surface area contributed by atoms with E-state index in [0.717, 1.165) is 17.7 Å². The number of carbonyl (C=O) groups excluding carboxylic acids is 1. The Balaban J connectivity index is 1.63. The first-order valence-corrected chi connectivity index (χ1v) is 9.34. The largest absolute Gasteiger partial charge is 0.492 e. The zero-order valence-corrected chi connectivity index (χ0v) is 16.4. The summed E-state index contributed by atoms with van der Waals surface area (Å²) in [6, 6.07) is 6.60. The quantitative estimate of drug-likeness (QED) is 0.685. The molecule has 0 fully saturated rings. The summed E-state index contributed by atoms with van der Waals surface area (Å²) >= 11 is 0. The minimum absolute atomic E-state index is 0.0933. The summed E-state index contributed by atoms with van der Waals surface area (Å²) in [5.41, 5.74) is 2.26. The fourth-order valence-corrected chi connectivity index (χ4v) is 3.32. The van der Waals surface area contributed by atoms with Crippen LogP contribution in [0.25, 0.3) is 5.82 Å². The molecular formula is C20H21N5O4. The second-order valence-corrected chi connectivity index (χ2v) is 6.81. The first-order valence-electron chi connectivity index (χ1n) is 9.34. The first-order chi connectivity index (χ1) is 14.0. The van der Waals surface area contributed by atoms with Crippen molar-refractivity contribution < 1.29 is 14.3 Å². The molecule has 3 aromatic rings. The molecule has 0 radical (unpaired) electrons. The number of aromatic nitrogens is 4. The Bertz CT molecular complexity index is 1110. The molecule has 9 heteroatoms. The standard InChI is InChI=1S/C20H21N5O4/c1-4-28-17-8-13-7-11(2)29-16(13)9-15(17)22-20(27)14-10-21-25(12(14)3)18-5-6-19(26)24-23-18/h5-6,8-11H,4,7H2,1-3H3,(H,22,27)(H,24,26). The van der Waals surface area contributed by atoms with Gasteiger partial charge in [0, 0.05) is 24.1 Å². The Morgan fingerprint density at radius 1 is 1.41 bits per heavy atom. The summed E-state index contributed by atoms with van der Waals surface area (Å²) in [5.74, 6) is 1.44. The number of aromatic amines is 1. The smallest absolute Gasteiger partial charge is 0.264 e. The van der Waals surface area contributed by atoms with Gasteiger partial charge >= 0.3 is 0 Å². The number of carbonyl (C=O) groups is 1. The van der Waals surface area contributed by atoms with Crippen molar-refractivity contribution in [3.05, 3.63) is 57.6 Å². The van der Waals surface area contributed by atoms with E-state index >= 15 is 0 Å². The molecule has 2 aromatic heterocycles. The van der Waals surface area contributed by atoms with Crippen LogP contribution in [0.5, 0.6) is 11.5 Å². The van der Waals surface area contributed by atoms with Gasteiger partial charge in [0.1, 0.15) is 17.6 Å². The maximum absolute atomic E-state index is 12.9. The molecular weight excluding hydrogens is 374 g/mol. The Morgan fingerprint density at radius 3 is 2.97 bits per heavy atom. The average molecular weight is 395 g/mol. The van der Waals surface area contributed by atoms with Crippen LogP contribution in [0.1, 0.15) is 35.5 Å². The van der Waals surface area contributed by atoms with E-state index in [1.165, 1.54) is 23.0 Å². The third-order valence-electron chi connectivity index (χ3n) is 4.68. The van der Waals surface area contributed by atoms with Gasteiger partial charge in [0.25, 0.3) is 11.5 Å². The van der Waals surface area contributed by atoms with Gasteiger partial charge in [-0.3, -0.25) is 9.59 Å². The molecule has 3 heterocycles. The molecule has 29 heavy (non-hydrogen) atoms. The van der Waals surface area contributed by atoms with E-state index in [1.54, 1.807) is 13.0 Å². The van der Waals surface area contributed by atoms with Crippen LogP contribution in [0.4, 0.5) is 5.69 Å². The topological polar surface area (TPSA) is 111 Å². The Labute approximate surface area is 166 Å². The SMILES string of the molecule is CCOc1cc2c(cc1NC(=O)c1cnn(-c3ccc(=O)[nH]n3)c1C)OC(C)C2. The molecule has 1 amide bonds. The van der Waals surface area contributed by atoms with Crippen LogP contribution in [0.15, 0.2) is 35.3 Å². The van der Waals surface area contributed by atoms with Gasteiger partial charge in [-0.2, -0.15) is 10.2 Å². The number of amides is 1. The van der Waals surface area contributed by atoms with Crippen molar-refractivity contribution >= 4 is 11.6 Å². The van der Waals surface area contributed by atoms with Gasteiger partial charge in [0.05, 0.1) is 29.7 Å². The zero-order valence-electron chi connectivity index (χ0n) is 16.4. The van der Waals surface area contributed by atoms with Gasteiger partial charge in [0.2, 0.25) is 0 Å². The van der Waals surface area contributed by atoms with Crippen molar-refractivity contribution in [3.8, 4) is 17.3 Å². The normalized spacial score (nSPS) is 14.9. The van der Waals surface area contributed by atoms with Crippen LogP contribution in [-0.4, -0.2) is 38.6 Å². The number of H-pyrrole nitrogens is 1. The molecule has 150 valence electrons. The number of rotatable bonds is 5. The minimum Gasteiger partial charge on any atom is -0.492 e. The van der Waals surface area contributed by atoms with Crippen LogP contribution in [0.3, 0.4) is 0 Å². The number of fused-ring (bicyclic) bond motifs is 1. The lowest BCUT2D eigenvalue weighted by atomic mass is 10.1. The highest BCUT2D eigenvalue weighted by Crippen LogP contribution is 2.38. The summed E-state index contributed by atoms with van der Waals surface area (Å²) in [4.78, 5) is 24.1. The van der Waals surface area contributed by atoms with E-state index in [1.807, 2.05) is 19.9 Å². The lowest BCUT2D eigenvalue weighted by Crippen LogP contribution is -2.15. The van der Waals surface area contributed by atoms with Crippen LogP contribution in [-0.2, 0) is 6.42 Å². The predicted molar refractivity (Wildman–Crippen MR) is 106 cm³/mol. The van der Waals surface area contributed by atoms with Gasteiger partial charge in [0.15, 0.2) is 5.82 Å². The number of benzene rings is 1. The summed E-state index contributed by atoms with van der Waals surface area (Å²) in [6.45, 7) is 6.13. The number of ether oxygens (including phenoxy) is 2. The second-order valence-electron chi connectivity index (χ2n) is 6.81. The number of anilines is 1. The Morgan fingerprint density at radius 2 is 2.24 bits per heavy atom. The molecule has 0 aliphatic carbocycles. The number of nitrogens with one attached hydrogen (secondary N) is 2. The molecule has 0 spiro atoms. The van der Waals surface area contributed by atoms with E-state index < -0.39 is 0 Å². The van der Waals surface area contributed by atoms with Crippen molar-refractivity contribution in [3.63, 3.8) is 0 Å². The lowest BCUT2D eigenvalue weighted by Gasteiger charge is -2.13. The van der Waals surface area contributed by atoms with E-state index in [4.69, 9.17) is 9.47 Å². The fraction of sp³-hybridized carbons (Fsp3) is 0.300. The number of nitrogens with zero attached hydrogens (tertiary/aromatic N) is 3. The monoisotopic (exact) mass is 395 g/mol. The molecule has 0 saturated heterocycles. The van der Waals surface area contributed by atoms with E-state index in [0.29, 0.717) is 35.1 Å².